The molecule has 0 atom stereocenters. The Labute approximate surface area is 168 Å². The fourth-order valence-corrected chi connectivity index (χ4v) is 4.50. The van der Waals surface area contributed by atoms with Crippen molar-refractivity contribution in [1.82, 2.24) is 19.5 Å². The Balaban J connectivity index is 1.60. The number of nitrogens with zero attached hydrogens (tertiary/aromatic N) is 5. The molecule has 1 aromatic carbocycles. The molecule has 3 heterocycles. The number of carbonyl (C=O) groups excluding carboxylic acids is 1. The molecule has 144 valence electrons. The number of piperazine rings is 1. The van der Waals surface area contributed by atoms with Crippen molar-refractivity contribution in [2.75, 3.05) is 31.1 Å². The maximum absolute atomic E-state index is 11.7. The van der Waals surface area contributed by atoms with E-state index in [1.807, 2.05) is 39.7 Å². The van der Waals surface area contributed by atoms with E-state index in [4.69, 9.17) is 21.7 Å². The van der Waals surface area contributed by atoms with E-state index in [-0.39, 0.29) is 5.91 Å². The van der Waals surface area contributed by atoms with Crippen molar-refractivity contribution in [2.45, 2.75) is 26.2 Å². The molecule has 2 aliphatic rings. The summed E-state index contributed by atoms with van der Waals surface area (Å²) < 4.78 is 1.99. The summed E-state index contributed by atoms with van der Waals surface area (Å²) >= 11 is 6.18. The summed E-state index contributed by atoms with van der Waals surface area (Å²) in [7, 11) is 0. The van der Waals surface area contributed by atoms with Gasteiger partial charge in [0, 0.05) is 61.0 Å². The first kappa shape index (κ1) is 17.5. The maximum Gasteiger partial charge on any atom is 0.219 e. The van der Waals surface area contributed by atoms with E-state index in [1.54, 1.807) is 6.92 Å². The number of rotatable bonds is 2. The first-order valence-electron chi connectivity index (χ1n) is 9.78. The monoisotopic (exact) mass is 395 g/mol. The van der Waals surface area contributed by atoms with Gasteiger partial charge in [0.2, 0.25) is 5.91 Å². The van der Waals surface area contributed by atoms with Gasteiger partial charge < -0.3 is 9.80 Å². The molecule has 0 bridgehead atoms. The van der Waals surface area contributed by atoms with Crippen LogP contribution in [0.5, 0.6) is 0 Å². The van der Waals surface area contributed by atoms with Gasteiger partial charge in [-0.3, -0.25) is 4.79 Å². The van der Waals surface area contributed by atoms with Crippen molar-refractivity contribution in [2.24, 2.45) is 0 Å². The largest absolute Gasteiger partial charge is 0.353 e. The van der Waals surface area contributed by atoms with Gasteiger partial charge in [0.25, 0.3) is 0 Å². The molecule has 1 amide bonds. The highest BCUT2D eigenvalue weighted by Gasteiger charge is 2.28. The minimum Gasteiger partial charge on any atom is -0.353 e. The summed E-state index contributed by atoms with van der Waals surface area (Å²) in [6.07, 6.45) is 3.19. The predicted octanol–water partition coefficient (Wildman–Crippen LogP) is 3.21. The summed E-state index contributed by atoms with van der Waals surface area (Å²) in [4.78, 5) is 20.9. The number of aromatic nitrogens is 3. The molecule has 0 saturated carbocycles. The second-order valence-electron chi connectivity index (χ2n) is 7.52. The number of halogens is 1. The fraction of sp³-hybridized carbons (Fsp3) is 0.381. The molecule has 1 fully saturated rings. The number of fused-ring (bicyclic) bond motifs is 2. The van der Waals surface area contributed by atoms with E-state index in [9.17, 15) is 4.79 Å². The van der Waals surface area contributed by atoms with E-state index in [2.05, 4.69) is 4.90 Å². The lowest BCUT2D eigenvalue weighted by Gasteiger charge is -2.36. The molecule has 6 nitrogen and oxygen atoms in total. The molecule has 28 heavy (non-hydrogen) atoms. The van der Waals surface area contributed by atoms with Crippen molar-refractivity contribution in [3.05, 3.63) is 46.6 Å². The molecule has 1 aliphatic heterocycles. The lowest BCUT2D eigenvalue weighted by atomic mass is 10.1. The second-order valence-corrected chi connectivity index (χ2v) is 7.95. The molecular formula is C21H22ClN5O. The van der Waals surface area contributed by atoms with Crippen LogP contribution in [-0.4, -0.2) is 51.6 Å². The minimum atomic E-state index is 0.145. The van der Waals surface area contributed by atoms with Gasteiger partial charge in [-0.15, -0.1) is 0 Å². The number of anilines is 1. The molecule has 1 saturated heterocycles. The van der Waals surface area contributed by atoms with E-state index in [1.165, 1.54) is 11.3 Å². The van der Waals surface area contributed by atoms with Crippen LogP contribution in [0.15, 0.2) is 30.3 Å². The highest BCUT2D eigenvalue weighted by molar-refractivity contribution is 6.30. The molecule has 7 heteroatoms. The first-order chi connectivity index (χ1) is 13.6. The standard InChI is InChI=1S/C21H22ClN5O/c1-14(28)25-8-10-26(11-9-25)21-17-6-3-7-18(17)23-20-13-19(24-27(20)21)15-4-2-5-16(22)12-15/h2,4-5,12-13H,3,6-11H2,1H3. The quantitative estimate of drug-likeness (QED) is 0.668. The van der Waals surface area contributed by atoms with Crippen molar-refractivity contribution in [3.8, 4) is 11.3 Å². The fourth-order valence-electron chi connectivity index (χ4n) is 4.31. The van der Waals surface area contributed by atoms with Gasteiger partial charge in [0.1, 0.15) is 5.82 Å². The van der Waals surface area contributed by atoms with Crippen LogP contribution in [0.25, 0.3) is 16.9 Å². The number of hydrogen-bond donors (Lipinski definition) is 0. The third kappa shape index (κ3) is 2.92. The molecule has 0 unspecified atom stereocenters. The first-order valence-corrected chi connectivity index (χ1v) is 10.2. The van der Waals surface area contributed by atoms with Gasteiger partial charge in [-0.25, -0.2) is 4.98 Å². The third-order valence-electron chi connectivity index (χ3n) is 5.74. The number of hydrogen-bond acceptors (Lipinski definition) is 4. The molecule has 3 aromatic rings. The zero-order valence-corrected chi connectivity index (χ0v) is 16.6. The van der Waals surface area contributed by atoms with Gasteiger partial charge >= 0.3 is 0 Å². The Kier molecular flexibility index (Phi) is 4.23. The summed E-state index contributed by atoms with van der Waals surface area (Å²) in [5.41, 5.74) is 5.24. The van der Waals surface area contributed by atoms with E-state index < -0.39 is 0 Å². The third-order valence-corrected chi connectivity index (χ3v) is 5.98. The van der Waals surface area contributed by atoms with Crippen molar-refractivity contribution >= 4 is 29.0 Å². The predicted molar refractivity (Wildman–Crippen MR) is 110 cm³/mol. The number of carbonyl (C=O) groups is 1. The van der Waals surface area contributed by atoms with Crippen molar-refractivity contribution in [1.29, 1.82) is 0 Å². The number of amides is 1. The Morgan fingerprint density at radius 1 is 1.11 bits per heavy atom. The van der Waals surface area contributed by atoms with Crippen LogP contribution in [0, 0.1) is 0 Å². The minimum absolute atomic E-state index is 0.145. The highest BCUT2D eigenvalue weighted by Crippen LogP contribution is 2.33. The van der Waals surface area contributed by atoms with Crippen LogP contribution >= 0.6 is 11.6 Å². The highest BCUT2D eigenvalue weighted by atomic mass is 35.5. The topological polar surface area (TPSA) is 53.7 Å². The van der Waals surface area contributed by atoms with E-state index in [0.717, 1.165) is 68.2 Å². The van der Waals surface area contributed by atoms with Crippen molar-refractivity contribution < 1.29 is 4.79 Å². The zero-order chi connectivity index (χ0) is 19.3. The van der Waals surface area contributed by atoms with Gasteiger partial charge in [0.05, 0.1) is 5.69 Å². The molecule has 2 aromatic heterocycles. The average Bonchev–Trinajstić information content (AvgIpc) is 3.32. The number of aryl methyl sites for hydroxylation is 1. The van der Waals surface area contributed by atoms with Crippen LogP contribution in [0.3, 0.4) is 0 Å². The molecule has 0 spiro atoms. The normalized spacial score (nSPS) is 16.6. The molecular weight excluding hydrogens is 374 g/mol. The maximum atomic E-state index is 11.7. The van der Waals surface area contributed by atoms with Crippen LogP contribution < -0.4 is 4.90 Å². The van der Waals surface area contributed by atoms with Gasteiger partial charge in [-0.1, -0.05) is 23.7 Å². The number of benzene rings is 1. The molecule has 1 aliphatic carbocycles. The van der Waals surface area contributed by atoms with Crippen LogP contribution in [0.2, 0.25) is 5.02 Å². The van der Waals surface area contributed by atoms with E-state index >= 15 is 0 Å². The van der Waals surface area contributed by atoms with E-state index in [0.29, 0.717) is 5.02 Å². The smallest absolute Gasteiger partial charge is 0.219 e. The van der Waals surface area contributed by atoms with Gasteiger partial charge in [-0.2, -0.15) is 9.61 Å². The Morgan fingerprint density at radius 3 is 2.68 bits per heavy atom. The van der Waals surface area contributed by atoms with Crippen LogP contribution in [0.4, 0.5) is 5.82 Å². The summed E-state index contributed by atoms with van der Waals surface area (Å²) in [5.74, 6) is 1.29. The van der Waals surface area contributed by atoms with Crippen LogP contribution in [0.1, 0.15) is 24.6 Å². The summed E-state index contributed by atoms with van der Waals surface area (Å²) in [6, 6.07) is 9.80. The zero-order valence-electron chi connectivity index (χ0n) is 15.9. The van der Waals surface area contributed by atoms with Crippen LogP contribution in [-0.2, 0) is 17.6 Å². The lowest BCUT2D eigenvalue weighted by Crippen LogP contribution is -2.49. The Morgan fingerprint density at radius 2 is 1.93 bits per heavy atom. The summed E-state index contributed by atoms with van der Waals surface area (Å²) in [6.45, 7) is 4.77. The second kappa shape index (κ2) is 6.78. The van der Waals surface area contributed by atoms with Gasteiger partial charge in [-0.05, 0) is 31.4 Å². The summed E-state index contributed by atoms with van der Waals surface area (Å²) in [5, 5.41) is 5.60. The SMILES string of the molecule is CC(=O)N1CCN(c2c3c(nc4cc(-c5cccc(Cl)c5)nn24)CCC3)CC1. The molecule has 0 N–H and O–H groups in total. The lowest BCUT2D eigenvalue weighted by molar-refractivity contribution is -0.129. The molecule has 5 rings (SSSR count). The van der Waals surface area contributed by atoms with Gasteiger partial charge in [0.15, 0.2) is 5.65 Å². The molecule has 0 radical (unpaired) electrons. The van der Waals surface area contributed by atoms with Crippen molar-refractivity contribution in [3.63, 3.8) is 0 Å². The average molecular weight is 396 g/mol. The Hall–Kier alpha value is -2.60. The Bertz CT molecular complexity index is 1070.